The van der Waals surface area contributed by atoms with E-state index < -0.39 is 0 Å². The quantitative estimate of drug-likeness (QED) is 0.146. The predicted molar refractivity (Wildman–Crippen MR) is 253 cm³/mol. The molecule has 0 atom stereocenters. The summed E-state index contributed by atoms with van der Waals surface area (Å²) >= 11 is 0. The van der Waals surface area contributed by atoms with E-state index in [0.717, 1.165) is 67.4 Å². The fraction of sp³-hybridized carbons (Fsp3) is 0.0784. The van der Waals surface area contributed by atoms with Crippen LogP contribution < -0.4 is 15.1 Å². The molecule has 284 valence electrons. The van der Waals surface area contributed by atoms with E-state index in [1.54, 1.807) is 0 Å². The maximum absolute atomic E-state index is 7.91. The molecule has 0 radical (unpaired) electrons. The average molecular weight is 755 g/mol. The van der Waals surface area contributed by atoms with Crippen molar-refractivity contribution >= 4 is 47.9 Å². The van der Waals surface area contributed by atoms with Crippen molar-refractivity contribution in [1.82, 2.24) is 0 Å². The fourth-order valence-electron chi connectivity index (χ4n) is 5.73. The first kappa shape index (κ1) is 43.8. The van der Waals surface area contributed by atoms with E-state index in [2.05, 4.69) is 115 Å². The van der Waals surface area contributed by atoms with E-state index >= 15 is 0 Å². The second-order valence-corrected chi connectivity index (χ2v) is 12.3. The molecule has 0 saturated carbocycles. The Labute approximate surface area is 342 Å². The SMILES string of the molecule is C=C1/C=C\C=C/N(c2ccccc2)/C2=C(\C=C/C1=C)C(=C)/C=C\C=C/N2c1cccc(C(/C=C(\C)c2ccccc2)=C/C=N)c1.CC.CNc1ccccc1.S. The molecular formula is C51H54N4S. The topological polar surface area (TPSA) is 42.4 Å². The van der Waals surface area contributed by atoms with Crippen molar-refractivity contribution in [3.8, 4) is 0 Å². The number of rotatable bonds is 7. The largest absolute Gasteiger partial charge is 0.388 e. The number of anilines is 3. The molecule has 56 heavy (non-hydrogen) atoms. The summed E-state index contributed by atoms with van der Waals surface area (Å²) in [5.41, 5.74) is 10.8. The van der Waals surface area contributed by atoms with E-state index in [0.29, 0.717) is 0 Å². The summed E-state index contributed by atoms with van der Waals surface area (Å²) in [6.45, 7) is 19.0. The van der Waals surface area contributed by atoms with E-state index in [9.17, 15) is 0 Å². The van der Waals surface area contributed by atoms with E-state index in [-0.39, 0.29) is 13.5 Å². The number of hydrogen-bond donors (Lipinski definition) is 2. The van der Waals surface area contributed by atoms with Crippen molar-refractivity contribution in [2.45, 2.75) is 20.8 Å². The molecule has 4 nitrogen and oxygen atoms in total. The van der Waals surface area contributed by atoms with Crippen molar-refractivity contribution in [1.29, 1.82) is 5.41 Å². The molecule has 0 bridgehead atoms. The van der Waals surface area contributed by atoms with Gasteiger partial charge in [-0.2, -0.15) is 13.5 Å². The maximum atomic E-state index is 7.91. The minimum absolute atomic E-state index is 0. The van der Waals surface area contributed by atoms with Crippen LogP contribution in [-0.2, 0) is 0 Å². The van der Waals surface area contributed by atoms with Crippen LogP contribution in [0.25, 0.3) is 11.1 Å². The highest BCUT2D eigenvalue weighted by Crippen LogP contribution is 2.35. The van der Waals surface area contributed by atoms with Gasteiger partial charge in [0.1, 0.15) is 5.82 Å². The van der Waals surface area contributed by atoms with Crippen molar-refractivity contribution in [2.75, 3.05) is 22.2 Å². The number of hydrogen-bond acceptors (Lipinski definition) is 4. The van der Waals surface area contributed by atoms with Crippen LogP contribution in [-0.4, -0.2) is 13.3 Å². The van der Waals surface area contributed by atoms with Gasteiger partial charge in [-0.15, -0.1) is 0 Å². The van der Waals surface area contributed by atoms with Gasteiger partial charge in [-0.3, -0.25) is 0 Å². The van der Waals surface area contributed by atoms with Gasteiger partial charge >= 0.3 is 0 Å². The monoisotopic (exact) mass is 754 g/mol. The molecule has 0 unspecified atom stereocenters. The van der Waals surface area contributed by atoms with Crippen LogP contribution in [0.5, 0.6) is 0 Å². The van der Waals surface area contributed by atoms with Crippen LogP contribution in [0.2, 0.25) is 0 Å². The van der Waals surface area contributed by atoms with Gasteiger partial charge in [-0.05, 0) is 101 Å². The molecule has 4 aromatic rings. The van der Waals surface area contributed by atoms with Crippen molar-refractivity contribution in [3.63, 3.8) is 0 Å². The number of nitrogens with one attached hydrogen (secondary N) is 2. The lowest BCUT2D eigenvalue weighted by Crippen LogP contribution is -2.31. The van der Waals surface area contributed by atoms with Crippen LogP contribution in [0, 0.1) is 5.41 Å². The zero-order valence-corrected chi connectivity index (χ0v) is 34.0. The normalized spacial score (nSPS) is 18.3. The van der Waals surface area contributed by atoms with E-state index in [1.165, 1.54) is 6.21 Å². The van der Waals surface area contributed by atoms with Gasteiger partial charge in [0.05, 0.1) is 0 Å². The van der Waals surface area contributed by atoms with Gasteiger partial charge in [0.15, 0.2) is 0 Å². The molecule has 2 heterocycles. The van der Waals surface area contributed by atoms with Crippen molar-refractivity contribution in [3.05, 3.63) is 247 Å². The highest BCUT2D eigenvalue weighted by atomic mass is 32.1. The number of nitrogens with zero attached hydrogens (tertiary/aromatic N) is 2. The highest BCUT2D eigenvalue weighted by Gasteiger charge is 2.23. The van der Waals surface area contributed by atoms with Gasteiger partial charge in [-0.25, -0.2) is 0 Å². The van der Waals surface area contributed by atoms with Gasteiger partial charge < -0.3 is 20.5 Å². The molecule has 0 fully saturated rings. The molecule has 2 aliphatic rings. The fourth-order valence-corrected chi connectivity index (χ4v) is 5.73. The summed E-state index contributed by atoms with van der Waals surface area (Å²) in [6.07, 6.45) is 25.5. The number of allylic oxidation sites excluding steroid dienone is 16. The molecular weight excluding hydrogens is 701 g/mol. The number of para-hydroxylation sites is 2. The predicted octanol–water partition coefficient (Wildman–Crippen LogP) is 13.6. The zero-order chi connectivity index (χ0) is 39.4. The smallest absolute Gasteiger partial charge is 0.129 e. The Morgan fingerprint density at radius 1 is 0.607 bits per heavy atom. The van der Waals surface area contributed by atoms with Crippen LogP contribution in [0.4, 0.5) is 17.1 Å². The minimum Gasteiger partial charge on any atom is -0.388 e. The molecule has 2 aliphatic heterocycles. The van der Waals surface area contributed by atoms with E-state index in [1.807, 2.05) is 136 Å². The third-order valence-electron chi connectivity index (χ3n) is 8.61. The maximum Gasteiger partial charge on any atom is 0.129 e. The number of benzene rings is 4. The third-order valence-corrected chi connectivity index (χ3v) is 8.61. The highest BCUT2D eigenvalue weighted by molar-refractivity contribution is 7.59. The molecule has 4 aromatic carbocycles. The summed E-state index contributed by atoms with van der Waals surface area (Å²) in [7, 11) is 1.91. The average Bonchev–Trinajstić information content (AvgIpc) is 3.26. The summed E-state index contributed by atoms with van der Waals surface area (Å²) in [5, 5.41) is 10.9. The summed E-state index contributed by atoms with van der Waals surface area (Å²) in [5.74, 6) is 0.902. The molecule has 0 aliphatic carbocycles. The Morgan fingerprint density at radius 2 is 1.12 bits per heavy atom. The first-order valence-corrected chi connectivity index (χ1v) is 18.5. The Hall–Kier alpha value is -6.56. The van der Waals surface area contributed by atoms with Crippen LogP contribution in [0.1, 0.15) is 31.9 Å². The lowest BCUT2D eigenvalue weighted by atomic mass is 9.98. The summed E-state index contributed by atoms with van der Waals surface area (Å²) in [6, 6.07) is 39.1. The second kappa shape index (κ2) is 23.3. The molecule has 0 saturated heterocycles. The standard InChI is InChI=1S/C42H37N3.C7H9N.C2H6.H2S/c1-32-16-11-13-28-44(39-21-9-6-10-22-39)42-41(25-24-33(32)2)34(3)17-12-14-29-45(42)40-23-15-20-37(31-40)38(26-27-43)30-35(4)36-18-7-5-8-19-36;1-8-7-5-3-2-4-6-7;1-2;/h5-31,43H,1-3H2,4H3;2-6,8H,1H3;1-2H3;1H2/b16-11-,17-12-,25-24-,28-13-,29-14-,35-30+,38-26+,42-41-,43-27?;;;. The molecule has 0 spiro atoms. The second-order valence-electron chi connectivity index (χ2n) is 12.3. The Balaban J connectivity index is 0.000000673. The molecule has 5 heteroatoms. The summed E-state index contributed by atoms with van der Waals surface area (Å²) in [4.78, 5) is 4.36. The molecule has 0 amide bonds. The van der Waals surface area contributed by atoms with Gasteiger partial charge in [0.2, 0.25) is 0 Å². The Morgan fingerprint density at radius 3 is 1.71 bits per heavy atom. The van der Waals surface area contributed by atoms with Gasteiger partial charge in [0.25, 0.3) is 0 Å². The first-order valence-electron chi connectivity index (χ1n) is 18.5. The van der Waals surface area contributed by atoms with Gasteiger partial charge in [0, 0.05) is 48.3 Å². The lowest BCUT2D eigenvalue weighted by molar-refractivity contribution is 1.02. The van der Waals surface area contributed by atoms with Crippen LogP contribution in [0.3, 0.4) is 0 Å². The third kappa shape index (κ3) is 12.2. The molecule has 6 rings (SSSR count). The first-order chi connectivity index (χ1) is 26.9. The van der Waals surface area contributed by atoms with Crippen molar-refractivity contribution in [2.24, 2.45) is 0 Å². The van der Waals surface area contributed by atoms with Gasteiger partial charge in [-0.1, -0.05) is 155 Å². The van der Waals surface area contributed by atoms with Crippen LogP contribution in [0.15, 0.2) is 236 Å². The lowest BCUT2D eigenvalue weighted by Gasteiger charge is -2.35. The van der Waals surface area contributed by atoms with E-state index in [4.69, 9.17) is 5.41 Å². The Bertz CT molecular complexity index is 2180. The molecule has 0 aromatic heterocycles. The minimum atomic E-state index is 0. The summed E-state index contributed by atoms with van der Waals surface area (Å²) < 4.78 is 0. The zero-order valence-electron chi connectivity index (χ0n) is 33.0. The van der Waals surface area contributed by atoms with Crippen molar-refractivity contribution < 1.29 is 0 Å². The Kier molecular flexibility index (Phi) is 18.2. The molecule has 2 N–H and O–H groups in total. The van der Waals surface area contributed by atoms with Crippen LogP contribution >= 0.6 is 13.5 Å².